The number of rotatable bonds is 2. The van der Waals surface area contributed by atoms with E-state index in [9.17, 15) is 0 Å². The molecule has 2 N–H and O–H groups in total. The molecule has 0 saturated heterocycles. The van der Waals surface area contributed by atoms with Gasteiger partial charge in [0, 0.05) is 25.9 Å². The molecule has 4 nitrogen and oxygen atoms in total. The predicted molar refractivity (Wildman–Crippen MR) is 88.8 cm³/mol. The maximum atomic E-state index is 6.34. The summed E-state index contributed by atoms with van der Waals surface area (Å²) in [6.07, 6.45) is 2.02. The molecule has 2 heterocycles. The van der Waals surface area contributed by atoms with Crippen LogP contribution in [0.1, 0.15) is 11.1 Å². The molecular weight excluding hydrogens is 260 g/mol. The Balaban J connectivity index is 2.24. The van der Waals surface area contributed by atoms with Crippen molar-refractivity contribution in [2.24, 2.45) is 0 Å². The third kappa shape index (κ3) is 2.23. The van der Waals surface area contributed by atoms with Crippen LogP contribution >= 0.6 is 0 Å². The van der Waals surface area contributed by atoms with Gasteiger partial charge in [-0.15, -0.1) is 0 Å². The minimum atomic E-state index is 0.683. The van der Waals surface area contributed by atoms with E-state index in [-0.39, 0.29) is 0 Å². The standard InChI is InChI=1S/C17H20N4/c1-11-5-6-12(2)14(9-11)16-17(18)21-10-13(20(3)4)7-8-15(21)19-16/h5-10H,18H2,1-4H3. The molecule has 0 radical (unpaired) electrons. The maximum absolute atomic E-state index is 6.34. The van der Waals surface area contributed by atoms with Crippen molar-refractivity contribution in [1.82, 2.24) is 9.38 Å². The summed E-state index contributed by atoms with van der Waals surface area (Å²) in [4.78, 5) is 6.76. The number of pyridine rings is 1. The van der Waals surface area contributed by atoms with Crippen LogP contribution in [0.5, 0.6) is 0 Å². The Morgan fingerprint density at radius 1 is 1.10 bits per heavy atom. The smallest absolute Gasteiger partial charge is 0.139 e. The Hall–Kier alpha value is -2.49. The number of nitrogen functional groups attached to an aromatic ring is 1. The second-order valence-corrected chi connectivity index (χ2v) is 5.67. The largest absolute Gasteiger partial charge is 0.383 e. The SMILES string of the molecule is Cc1ccc(C)c(-c2nc3ccc(N(C)C)cn3c2N)c1. The van der Waals surface area contributed by atoms with Crippen molar-refractivity contribution in [3.05, 3.63) is 47.7 Å². The molecule has 2 aromatic heterocycles. The van der Waals surface area contributed by atoms with Crippen LogP contribution in [0.3, 0.4) is 0 Å². The van der Waals surface area contributed by atoms with E-state index in [4.69, 9.17) is 10.7 Å². The van der Waals surface area contributed by atoms with Crippen LogP contribution < -0.4 is 10.6 Å². The van der Waals surface area contributed by atoms with Gasteiger partial charge in [0.2, 0.25) is 0 Å². The summed E-state index contributed by atoms with van der Waals surface area (Å²) in [5.74, 6) is 0.683. The van der Waals surface area contributed by atoms with Crippen molar-refractivity contribution in [2.45, 2.75) is 13.8 Å². The average molecular weight is 280 g/mol. The number of benzene rings is 1. The first-order chi connectivity index (χ1) is 9.97. The summed E-state index contributed by atoms with van der Waals surface area (Å²) in [6.45, 7) is 4.17. The number of aromatic nitrogens is 2. The first kappa shape index (κ1) is 13.5. The predicted octanol–water partition coefficient (Wildman–Crippen LogP) is 3.27. The van der Waals surface area contributed by atoms with Crippen molar-refractivity contribution >= 4 is 17.2 Å². The molecule has 0 bridgehead atoms. The molecule has 1 aromatic carbocycles. The molecular formula is C17H20N4. The van der Waals surface area contributed by atoms with Crippen molar-refractivity contribution in [2.75, 3.05) is 24.7 Å². The number of nitrogens with zero attached hydrogens (tertiary/aromatic N) is 3. The van der Waals surface area contributed by atoms with Crippen molar-refractivity contribution < 1.29 is 0 Å². The van der Waals surface area contributed by atoms with Gasteiger partial charge in [-0.25, -0.2) is 4.98 Å². The minimum Gasteiger partial charge on any atom is -0.383 e. The van der Waals surface area contributed by atoms with E-state index in [1.165, 1.54) is 11.1 Å². The van der Waals surface area contributed by atoms with E-state index in [1.54, 1.807) is 0 Å². The highest BCUT2D eigenvalue weighted by atomic mass is 15.1. The van der Waals surface area contributed by atoms with Crippen LogP contribution in [0.2, 0.25) is 0 Å². The van der Waals surface area contributed by atoms with Gasteiger partial charge in [-0.05, 0) is 37.6 Å². The van der Waals surface area contributed by atoms with Gasteiger partial charge in [-0.3, -0.25) is 4.40 Å². The average Bonchev–Trinajstić information content (AvgIpc) is 2.78. The van der Waals surface area contributed by atoms with Gasteiger partial charge >= 0.3 is 0 Å². The first-order valence-corrected chi connectivity index (χ1v) is 7.00. The van der Waals surface area contributed by atoms with Gasteiger partial charge in [0.1, 0.15) is 17.2 Å². The van der Waals surface area contributed by atoms with Gasteiger partial charge in [0.15, 0.2) is 0 Å². The molecule has 0 spiro atoms. The third-order valence-electron chi connectivity index (χ3n) is 3.80. The van der Waals surface area contributed by atoms with Crippen LogP contribution in [0.25, 0.3) is 16.9 Å². The Bertz CT molecular complexity index is 815. The fraction of sp³-hybridized carbons (Fsp3) is 0.235. The zero-order valence-electron chi connectivity index (χ0n) is 12.9. The molecule has 21 heavy (non-hydrogen) atoms. The molecule has 108 valence electrons. The minimum absolute atomic E-state index is 0.683. The number of anilines is 2. The van der Waals surface area contributed by atoms with Crippen LogP contribution in [-0.2, 0) is 0 Å². The number of hydrogen-bond acceptors (Lipinski definition) is 3. The topological polar surface area (TPSA) is 46.6 Å². The van der Waals surface area contributed by atoms with E-state index in [2.05, 4.69) is 43.0 Å². The van der Waals surface area contributed by atoms with Gasteiger partial charge in [-0.2, -0.15) is 0 Å². The summed E-state index contributed by atoms with van der Waals surface area (Å²) < 4.78 is 1.95. The highest BCUT2D eigenvalue weighted by molar-refractivity contribution is 5.78. The number of hydrogen-bond donors (Lipinski definition) is 1. The Kier molecular flexibility index (Phi) is 3.09. The third-order valence-corrected chi connectivity index (χ3v) is 3.80. The van der Waals surface area contributed by atoms with Crippen LogP contribution in [0.4, 0.5) is 11.5 Å². The lowest BCUT2D eigenvalue weighted by atomic mass is 10.0. The zero-order valence-corrected chi connectivity index (χ0v) is 12.9. The fourth-order valence-electron chi connectivity index (χ4n) is 2.51. The molecule has 0 aliphatic carbocycles. The Labute approximate surface area is 124 Å². The quantitative estimate of drug-likeness (QED) is 0.783. The molecule has 4 heteroatoms. The summed E-state index contributed by atoms with van der Waals surface area (Å²) in [6, 6.07) is 10.4. The molecule has 0 unspecified atom stereocenters. The molecule has 0 fully saturated rings. The fourth-order valence-corrected chi connectivity index (χ4v) is 2.51. The summed E-state index contributed by atoms with van der Waals surface area (Å²) in [5.41, 5.74) is 12.7. The second kappa shape index (κ2) is 4.81. The molecule has 3 aromatic rings. The van der Waals surface area contributed by atoms with Crippen molar-refractivity contribution in [3.8, 4) is 11.3 Å². The van der Waals surface area contributed by atoms with E-state index in [0.29, 0.717) is 5.82 Å². The summed E-state index contributed by atoms with van der Waals surface area (Å²) in [5, 5.41) is 0. The highest BCUT2D eigenvalue weighted by Crippen LogP contribution is 2.30. The first-order valence-electron chi connectivity index (χ1n) is 7.00. The van der Waals surface area contributed by atoms with Gasteiger partial charge in [0.25, 0.3) is 0 Å². The lowest BCUT2D eigenvalue weighted by molar-refractivity contribution is 1.09. The Morgan fingerprint density at radius 3 is 2.57 bits per heavy atom. The van der Waals surface area contributed by atoms with Gasteiger partial charge in [0.05, 0.1) is 5.69 Å². The van der Waals surface area contributed by atoms with Crippen molar-refractivity contribution in [1.29, 1.82) is 0 Å². The number of aryl methyl sites for hydroxylation is 2. The number of imidazole rings is 1. The normalized spacial score (nSPS) is 11.0. The molecule has 0 atom stereocenters. The number of nitrogens with two attached hydrogens (primary N) is 1. The lowest BCUT2D eigenvalue weighted by Gasteiger charge is -2.12. The van der Waals surface area contributed by atoms with Crippen molar-refractivity contribution in [3.63, 3.8) is 0 Å². The summed E-state index contributed by atoms with van der Waals surface area (Å²) >= 11 is 0. The van der Waals surface area contributed by atoms with Crippen LogP contribution in [0.15, 0.2) is 36.5 Å². The van der Waals surface area contributed by atoms with Gasteiger partial charge < -0.3 is 10.6 Å². The molecule has 0 aliphatic heterocycles. The second-order valence-electron chi connectivity index (χ2n) is 5.67. The van der Waals surface area contributed by atoms with Crippen LogP contribution in [-0.4, -0.2) is 23.5 Å². The van der Waals surface area contributed by atoms with E-state index >= 15 is 0 Å². The van der Waals surface area contributed by atoms with E-state index < -0.39 is 0 Å². The Morgan fingerprint density at radius 2 is 1.86 bits per heavy atom. The van der Waals surface area contributed by atoms with Crippen LogP contribution in [0, 0.1) is 13.8 Å². The zero-order chi connectivity index (χ0) is 15.1. The number of fused-ring (bicyclic) bond motifs is 1. The van der Waals surface area contributed by atoms with E-state index in [1.807, 2.05) is 30.8 Å². The molecule has 3 rings (SSSR count). The maximum Gasteiger partial charge on any atom is 0.139 e. The monoisotopic (exact) mass is 280 g/mol. The molecule has 0 amide bonds. The van der Waals surface area contributed by atoms with Gasteiger partial charge in [-0.1, -0.05) is 17.7 Å². The van der Waals surface area contributed by atoms with E-state index in [0.717, 1.165) is 22.6 Å². The summed E-state index contributed by atoms with van der Waals surface area (Å²) in [7, 11) is 4.03. The molecule has 0 aliphatic rings. The highest BCUT2D eigenvalue weighted by Gasteiger charge is 2.14. The lowest BCUT2D eigenvalue weighted by Crippen LogP contribution is -2.09. The molecule has 0 saturated carbocycles.